The summed E-state index contributed by atoms with van der Waals surface area (Å²) in [6.45, 7) is 0.755. The molecule has 1 unspecified atom stereocenters. The number of benzene rings is 3. The van der Waals surface area contributed by atoms with Gasteiger partial charge in [-0.05, 0) is 48.5 Å². The van der Waals surface area contributed by atoms with Crippen LogP contribution in [-0.2, 0) is 11.0 Å². The van der Waals surface area contributed by atoms with E-state index in [1.165, 1.54) is 23.1 Å². The molecule has 3 aromatic rings. The average molecular weight is 579 g/mol. The van der Waals surface area contributed by atoms with Gasteiger partial charge in [0, 0.05) is 58.8 Å². The largest absolute Gasteiger partial charge is 0.416 e. The first kappa shape index (κ1) is 27.4. The van der Waals surface area contributed by atoms with Crippen molar-refractivity contribution >= 4 is 40.7 Å². The molecule has 2 aliphatic rings. The van der Waals surface area contributed by atoms with Crippen LogP contribution in [0.2, 0.25) is 5.02 Å². The Balaban J connectivity index is 1.62. The Morgan fingerprint density at radius 1 is 1.02 bits per heavy atom. The number of likely N-dealkylation sites (N-methyl/N-ethyl adjacent to an activating group) is 1. The lowest BCUT2D eigenvalue weighted by Crippen LogP contribution is -2.48. The number of amides is 3. The molecule has 40 heavy (non-hydrogen) atoms. The molecule has 7 nitrogen and oxygen atoms in total. The van der Waals surface area contributed by atoms with Gasteiger partial charge in [0.05, 0.1) is 18.2 Å². The molecule has 1 saturated heterocycles. The first-order chi connectivity index (χ1) is 18.8. The second-order valence-corrected chi connectivity index (χ2v) is 9.85. The minimum absolute atomic E-state index is 0.00891. The lowest BCUT2D eigenvalue weighted by molar-refractivity contribution is -0.137. The topological polar surface area (TPSA) is 81.8 Å². The van der Waals surface area contributed by atoms with Crippen LogP contribution < -0.4 is 15.5 Å². The third-order valence-electron chi connectivity index (χ3n) is 6.80. The van der Waals surface area contributed by atoms with Crippen LogP contribution in [0.5, 0.6) is 0 Å². The predicted octanol–water partition coefficient (Wildman–Crippen LogP) is 5.00. The van der Waals surface area contributed by atoms with E-state index >= 15 is 0 Å². The van der Waals surface area contributed by atoms with Crippen molar-refractivity contribution in [3.05, 3.63) is 93.0 Å². The highest BCUT2D eigenvalue weighted by Gasteiger charge is 2.36. The first-order valence-corrected chi connectivity index (χ1v) is 12.3. The quantitative estimate of drug-likeness (QED) is 0.427. The Bertz CT molecular complexity index is 1560. The number of carbonyl (C=O) groups is 3. The zero-order chi connectivity index (χ0) is 28.9. The van der Waals surface area contributed by atoms with Crippen LogP contribution >= 0.6 is 11.6 Å². The van der Waals surface area contributed by atoms with E-state index in [9.17, 15) is 36.3 Å². The van der Waals surface area contributed by atoms with Gasteiger partial charge >= 0.3 is 6.18 Å². The number of hydrogen-bond donors (Lipinski definition) is 2. The van der Waals surface area contributed by atoms with E-state index in [4.69, 9.17) is 11.6 Å². The molecule has 2 heterocycles. The van der Waals surface area contributed by atoms with Crippen molar-refractivity contribution in [2.75, 3.05) is 36.9 Å². The molecule has 1 atom stereocenters. The van der Waals surface area contributed by atoms with Gasteiger partial charge in [-0.15, -0.1) is 0 Å². The van der Waals surface area contributed by atoms with Crippen molar-refractivity contribution in [3.8, 4) is 0 Å². The van der Waals surface area contributed by atoms with Gasteiger partial charge in [-0.3, -0.25) is 14.4 Å². The Morgan fingerprint density at radius 2 is 1.77 bits per heavy atom. The summed E-state index contributed by atoms with van der Waals surface area (Å²) in [6, 6.07) is 6.90. The van der Waals surface area contributed by atoms with Crippen molar-refractivity contribution in [1.29, 1.82) is 0 Å². The van der Waals surface area contributed by atoms with Crippen LogP contribution in [0.15, 0.2) is 48.5 Å². The van der Waals surface area contributed by atoms with Crippen molar-refractivity contribution in [2.24, 2.45) is 0 Å². The summed E-state index contributed by atoms with van der Waals surface area (Å²) in [5.74, 6) is -3.76. The number of hydrogen-bond acceptors (Lipinski definition) is 4. The standard InChI is InChI=1S/C27H20ClF5N4O3/c1-36-4-5-37(12-22(36)38)17-10-19-23(24(35-26(19)40)18-9-15(29)2-3-20(18)28)21(11-17)34-25(39)13-6-14(27(31,32)33)8-16(30)7-13/h2-3,6-11,24H,4-5,12H2,1H3,(H,34,39)(H,35,40). The van der Waals surface area contributed by atoms with Crippen LogP contribution in [0.25, 0.3) is 0 Å². The minimum Gasteiger partial charge on any atom is -0.360 e. The summed E-state index contributed by atoms with van der Waals surface area (Å²) in [4.78, 5) is 41.8. The van der Waals surface area contributed by atoms with Crippen LogP contribution in [0.3, 0.4) is 0 Å². The maximum Gasteiger partial charge on any atom is 0.416 e. The Kier molecular flexibility index (Phi) is 6.90. The maximum absolute atomic E-state index is 14.1. The first-order valence-electron chi connectivity index (χ1n) is 11.9. The molecule has 208 valence electrons. The molecule has 0 spiro atoms. The SMILES string of the molecule is CN1CCN(c2cc(NC(=O)c3cc(F)cc(C(F)(F)F)c3)c3c(c2)C(=O)NC3c2cc(F)ccc2Cl)CC1=O. The highest BCUT2D eigenvalue weighted by atomic mass is 35.5. The molecule has 3 aromatic carbocycles. The van der Waals surface area contributed by atoms with E-state index in [-0.39, 0.29) is 45.9 Å². The molecule has 0 aromatic heterocycles. The lowest BCUT2D eigenvalue weighted by Gasteiger charge is -2.34. The van der Waals surface area contributed by atoms with Crippen LogP contribution in [-0.4, -0.2) is 49.3 Å². The molecule has 0 aliphatic carbocycles. The fourth-order valence-corrected chi connectivity index (χ4v) is 4.96. The summed E-state index contributed by atoms with van der Waals surface area (Å²) in [5, 5.41) is 5.31. The number of carbonyl (C=O) groups excluding carboxylic acids is 3. The second-order valence-electron chi connectivity index (χ2n) is 9.44. The smallest absolute Gasteiger partial charge is 0.360 e. The number of fused-ring (bicyclic) bond motifs is 1. The third-order valence-corrected chi connectivity index (χ3v) is 7.14. The number of nitrogens with zero attached hydrogens (tertiary/aromatic N) is 2. The van der Waals surface area contributed by atoms with E-state index in [2.05, 4.69) is 10.6 Å². The van der Waals surface area contributed by atoms with Crippen LogP contribution in [0.4, 0.5) is 33.3 Å². The maximum atomic E-state index is 14.1. The van der Waals surface area contributed by atoms with Gasteiger partial charge in [0.2, 0.25) is 5.91 Å². The molecule has 0 saturated carbocycles. The van der Waals surface area contributed by atoms with Crippen molar-refractivity contribution in [2.45, 2.75) is 12.2 Å². The van der Waals surface area contributed by atoms with Crippen LogP contribution in [0, 0.1) is 11.6 Å². The Labute approximate surface area is 229 Å². The van der Waals surface area contributed by atoms with Crippen LogP contribution in [0.1, 0.15) is 43.4 Å². The highest BCUT2D eigenvalue weighted by Crippen LogP contribution is 2.42. The summed E-state index contributed by atoms with van der Waals surface area (Å²) in [7, 11) is 1.64. The molecule has 3 amide bonds. The summed E-state index contributed by atoms with van der Waals surface area (Å²) in [5.41, 5.74) is -1.15. The van der Waals surface area contributed by atoms with E-state index in [0.29, 0.717) is 30.9 Å². The van der Waals surface area contributed by atoms with Gasteiger partial charge in [0.1, 0.15) is 11.6 Å². The average Bonchev–Trinajstić information content (AvgIpc) is 3.22. The number of anilines is 2. The highest BCUT2D eigenvalue weighted by molar-refractivity contribution is 6.31. The molecule has 0 radical (unpaired) electrons. The monoisotopic (exact) mass is 578 g/mol. The van der Waals surface area contributed by atoms with Crippen molar-refractivity contribution < 1.29 is 36.3 Å². The van der Waals surface area contributed by atoms with Gasteiger partial charge in [-0.25, -0.2) is 8.78 Å². The molecule has 5 rings (SSSR count). The van der Waals surface area contributed by atoms with Gasteiger partial charge < -0.3 is 20.4 Å². The molecular formula is C27H20ClF5N4O3. The normalized spacial score (nSPS) is 17.1. The number of halogens is 6. The lowest BCUT2D eigenvalue weighted by atomic mass is 9.95. The minimum atomic E-state index is -4.90. The van der Waals surface area contributed by atoms with Crippen molar-refractivity contribution in [1.82, 2.24) is 10.2 Å². The van der Waals surface area contributed by atoms with Gasteiger partial charge in [-0.1, -0.05) is 11.6 Å². The number of nitrogens with one attached hydrogen (secondary N) is 2. The van der Waals surface area contributed by atoms with E-state index in [0.717, 1.165) is 12.1 Å². The number of rotatable bonds is 4. The fraction of sp³-hybridized carbons (Fsp3) is 0.222. The molecular weight excluding hydrogens is 559 g/mol. The molecule has 13 heteroatoms. The molecule has 0 bridgehead atoms. The second kappa shape index (κ2) is 10.1. The van der Waals surface area contributed by atoms with Crippen molar-refractivity contribution in [3.63, 3.8) is 0 Å². The predicted molar refractivity (Wildman–Crippen MR) is 136 cm³/mol. The Hall–Kier alpha value is -4.19. The molecule has 2 aliphatic heterocycles. The number of piperazine rings is 1. The zero-order valence-electron chi connectivity index (χ0n) is 20.7. The molecule has 2 N–H and O–H groups in total. The molecule has 1 fully saturated rings. The number of alkyl halides is 3. The third kappa shape index (κ3) is 5.18. The summed E-state index contributed by atoms with van der Waals surface area (Å²) < 4.78 is 68.0. The zero-order valence-corrected chi connectivity index (χ0v) is 21.5. The van der Waals surface area contributed by atoms with Gasteiger partial charge in [-0.2, -0.15) is 13.2 Å². The van der Waals surface area contributed by atoms with E-state index in [1.807, 2.05) is 0 Å². The Morgan fingerprint density at radius 3 is 2.48 bits per heavy atom. The van der Waals surface area contributed by atoms with E-state index in [1.54, 1.807) is 11.9 Å². The summed E-state index contributed by atoms with van der Waals surface area (Å²) in [6.07, 6.45) is -4.90. The van der Waals surface area contributed by atoms with Gasteiger partial charge in [0.25, 0.3) is 11.8 Å². The van der Waals surface area contributed by atoms with Gasteiger partial charge in [0.15, 0.2) is 0 Å². The fourth-order valence-electron chi connectivity index (χ4n) is 4.73. The summed E-state index contributed by atoms with van der Waals surface area (Å²) >= 11 is 6.30. The van der Waals surface area contributed by atoms with E-state index < -0.39 is 46.8 Å².